The quantitative estimate of drug-likeness (QED) is 0.522. The van der Waals surface area contributed by atoms with Gasteiger partial charge in [-0.25, -0.2) is 0 Å². The molecule has 0 saturated heterocycles. The summed E-state index contributed by atoms with van der Waals surface area (Å²) < 4.78 is 0. The number of nitrogens with one attached hydrogen (secondary N) is 1. The van der Waals surface area contributed by atoms with Crippen LogP contribution in [-0.2, 0) is 0 Å². The van der Waals surface area contributed by atoms with Gasteiger partial charge in [0.2, 0.25) is 0 Å². The van der Waals surface area contributed by atoms with E-state index in [-0.39, 0.29) is 0 Å². The summed E-state index contributed by atoms with van der Waals surface area (Å²) in [6, 6.07) is 0.675. The van der Waals surface area contributed by atoms with Crippen LogP contribution in [0.5, 0.6) is 0 Å². The van der Waals surface area contributed by atoms with Crippen molar-refractivity contribution in [2.45, 2.75) is 78.2 Å². The molecule has 0 aromatic carbocycles. The lowest BCUT2D eigenvalue weighted by Gasteiger charge is -2.43. The molecule has 0 spiro atoms. The van der Waals surface area contributed by atoms with Gasteiger partial charge in [0.1, 0.15) is 0 Å². The summed E-state index contributed by atoms with van der Waals surface area (Å²) in [4.78, 5) is 0. The topological polar surface area (TPSA) is 12.0 Å². The van der Waals surface area contributed by atoms with Crippen LogP contribution in [0.15, 0.2) is 0 Å². The van der Waals surface area contributed by atoms with Crippen molar-refractivity contribution in [1.29, 1.82) is 0 Å². The minimum absolute atomic E-state index is 0.500. The van der Waals surface area contributed by atoms with Gasteiger partial charge in [0, 0.05) is 12.5 Å². The minimum Gasteiger partial charge on any atom is -0.314 e. The van der Waals surface area contributed by atoms with Crippen LogP contribution in [0.2, 0.25) is 0 Å². The predicted octanol–water partition coefficient (Wildman–Crippen LogP) is 4.37. The molecule has 2 atom stereocenters. The zero-order chi connectivity index (χ0) is 13.4. The molecule has 0 radical (unpaired) electrons. The Bertz CT molecular complexity index is 261. The Labute approximate surface area is 114 Å². The highest BCUT2D eigenvalue weighted by Gasteiger charge is 2.36. The lowest BCUT2D eigenvalue weighted by molar-refractivity contribution is 0.0940. The maximum atomic E-state index is 5.38. The minimum atomic E-state index is 0.500. The Hall–Kier alpha value is -0.480. The Morgan fingerprint density at radius 2 is 2.17 bits per heavy atom. The van der Waals surface area contributed by atoms with Crippen LogP contribution in [0, 0.1) is 23.7 Å². The second-order valence-electron chi connectivity index (χ2n) is 6.50. The Balaban J connectivity index is 2.58. The van der Waals surface area contributed by atoms with Gasteiger partial charge < -0.3 is 5.32 Å². The molecule has 0 aromatic rings. The number of terminal acetylenes is 1. The third-order valence-electron chi connectivity index (χ3n) is 4.57. The van der Waals surface area contributed by atoms with Crippen molar-refractivity contribution < 1.29 is 0 Å². The SMILES string of the molecule is C#CCCCC(NCCC)C1CCCCC1(C)C. The van der Waals surface area contributed by atoms with Crippen LogP contribution in [0.3, 0.4) is 0 Å². The highest BCUT2D eigenvalue weighted by molar-refractivity contribution is 4.91. The molecule has 0 bridgehead atoms. The number of unbranched alkanes of at least 4 members (excludes halogenated alkanes) is 1. The van der Waals surface area contributed by atoms with Gasteiger partial charge in [-0.05, 0) is 50.0 Å². The van der Waals surface area contributed by atoms with Crippen LogP contribution >= 0.6 is 0 Å². The molecule has 1 aliphatic carbocycles. The van der Waals surface area contributed by atoms with Gasteiger partial charge in [0.15, 0.2) is 0 Å². The van der Waals surface area contributed by atoms with E-state index in [1.165, 1.54) is 44.9 Å². The standard InChI is InChI=1S/C17H31N/c1-5-7-8-12-16(18-14-6-2)15-11-9-10-13-17(15,3)4/h1,15-16,18H,6-14H2,2-4H3. The molecule has 1 heteroatoms. The monoisotopic (exact) mass is 249 g/mol. The van der Waals surface area contributed by atoms with Crippen LogP contribution in [0.4, 0.5) is 0 Å². The molecule has 104 valence electrons. The summed E-state index contributed by atoms with van der Waals surface area (Å²) in [5, 5.41) is 3.79. The summed E-state index contributed by atoms with van der Waals surface area (Å²) in [7, 11) is 0. The van der Waals surface area contributed by atoms with Gasteiger partial charge in [-0.1, -0.05) is 33.6 Å². The zero-order valence-electron chi connectivity index (χ0n) is 12.6. The molecule has 0 aromatic heterocycles. The number of hydrogen-bond donors (Lipinski definition) is 1. The predicted molar refractivity (Wildman–Crippen MR) is 80.5 cm³/mol. The fourth-order valence-electron chi connectivity index (χ4n) is 3.47. The summed E-state index contributed by atoms with van der Waals surface area (Å²) in [6.07, 6.45) is 15.5. The van der Waals surface area contributed by atoms with E-state index in [1.807, 2.05) is 0 Å². The third-order valence-corrected chi connectivity index (χ3v) is 4.57. The summed E-state index contributed by atoms with van der Waals surface area (Å²) in [5.41, 5.74) is 0.500. The molecule has 18 heavy (non-hydrogen) atoms. The largest absolute Gasteiger partial charge is 0.314 e. The molecule has 1 fully saturated rings. The first-order valence-corrected chi connectivity index (χ1v) is 7.78. The van der Waals surface area contributed by atoms with Crippen molar-refractivity contribution in [1.82, 2.24) is 5.32 Å². The Morgan fingerprint density at radius 1 is 1.39 bits per heavy atom. The molecule has 1 nitrogen and oxygen atoms in total. The molecule has 2 unspecified atom stereocenters. The lowest BCUT2D eigenvalue weighted by atomic mass is 9.65. The average molecular weight is 249 g/mol. The van der Waals surface area contributed by atoms with Gasteiger partial charge in [-0.2, -0.15) is 0 Å². The van der Waals surface area contributed by atoms with E-state index >= 15 is 0 Å². The molecule has 0 amide bonds. The maximum Gasteiger partial charge on any atom is 0.0101 e. The van der Waals surface area contributed by atoms with E-state index in [0.29, 0.717) is 11.5 Å². The van der Waals surface area contributed by atoms with Crippen molar-refractivity contribution >= 4 is 0 Å². The molecule has 1 N–H and O–H groups in total. The van der Waals surface area contributed by atoms with E-state index in [1.54, 1.807) is 0 Å². The molecule has 1 rings (SSSR count). The summed E-state index contributed by atoms with van der Waals surface area (Å²) in [5.74, 6) is 3.60. The second kappa shape index (κ2) is 7.85. The molecule has 1 aliphatic rings. The van der Waals surface area contributed by atoms with Crippen molar-refractivity contribution in [2.75, 3.05) is 6.54 Å². The van der Waals surface area contributed by atoms with Gasteiger partial charge in [-0.3, -0.25) is 0 Å². The zero-order valence-corrected chi connectivity index (χ0v) is 12.6. The molecular weight excluding hydrogens is 218 g/mol. The smallest absolute Gasteiger partial charge is 0.0101 e. The van der Waals surface area contributed by atoms with E-state index in [9.17, 15) is 0 Å². The van der Waals surface area contributed by atoms with Crippen molar-refractivity contribution in [3.8, 4) is 12.3 Å². The van der Waals surface area contributed by atoms with Crippen molar-refractivity contribution in [3.05, 3.63) is 0 Å². The summed E-state index contributed by atoms with van der Waals surface area (Å²) >= 11 is 0. The molecule has 0 heterocycles. The van der Waals surface area contributed by atoms with Gasteiger partial charge in [-0.15, -0.1) is 12.3 Å². The second-order valence-corrected chi connectivity index (χ2v) is 6.50. The van der Waals surface area contributed by atoms with Crippen LogP contribution in [-0.4, -0.2) is 12.6 Å². The van der Waals surface area contributed by atoms with E-state index in [0.717, 1.165) is 18.9 Å². The van der Waals surface area contributed by atoms with E-state index in [2.05, 4.69) is 32.0 Å². The average Bonchev–Trinajstić information content (AvgIpc) is 2.34. The van der Waals surface area contributed by atoms with E-state index < -0.39 is 0 Å². The normalized spacial score (nSPS) is 24.4. The van der Waals surface area contributed by atoms with Crippen molar-refractivity contribution in [2.24, 2.45) is 11.3 Å². The van der Waals surface area contributed by atoms with Gasteiger partial charge in [0.25, 0.3) is 0 Å². The molecular formula is C17H31N. The fraction of sp³-hybridized carbons (Fsp3) is 0.882. The van der Waals surface area contributed by atoms with Gasteiger partial charge >= 0.3 is 0 Å². The van der Waals surface area contributed by atoms with Crippen LogP contribution in [0.25, 0.3) is 0 Å². The summed E-state index contributed by atoms with van der Waals surface area (Å²) in [6.45, 7) is 8.31. The number of rotatable bonds is 7. The Kier molecular flexibility index (Phi) is 6.79. The molecule has 1 saturated carbocycles. The lowest BCUT2D eigenvalue weighted by Crippen LogP contribution is -2.45. The van der Waals surface area contributed by atoms with Crippen LogP contribution in [0.1, 0.15) is 72.1 Å². The Morgan fingerprint density at radius 3 is 2.78 bits per heavy atom. The first-order chi connectivity index (χ1) is 8.61. The molecule has 0 aliphatic heterocycles. The number of hydrogen-bond acceptors (Lipinski definition) is 1. The first-order valence-electron chi connectivity index (χ1n) is 7.78. The van der Waals surface area contributed by atoms with Crippen LogP contribution < -0.4 is 5.32 Å². The van der Waals surface area contributed by atoms with E-state index in [4.69, 9.17) is 6.42 Å². The highest BCUT2D eigenvalue weighted by atomic mass is 14.9. The third kappa shape index (κ3) is 4.65. The van der Waals surface area contributed by atoms with Gasteiger partial charge in [0.05, 0.1) is 0 Å². The maximum absolute atomic E-state index is 5.38. The first kappa shape index (κ1) is 15.6. The van der Waals surface area contributed by atoms with Crippen molar-refractivity contribution in [3.63, 3.8) is 0 Å². The fourth-order valence-corrected chi connectivity index (χ4v) is 3.47. The highest BCUT2D eigenvalue weighted by Crippen LogP contribution is 2.43.